The molecule has 3 aliphatic rings. The second-order valence-electron chi connectivity index (χ2n) is 7.33. The zero-order valence-electron chi connectivity index (χ0n) is 13.7. The fourth-order valence-electron chi connectivity index (χ4n) is 4.65. The van der Waals surface area contributed by atoms with Crippen LogP contribution in [0.2, 0.25) is 0 Å². The molecule has 2 atom stereocenters. The molecule has 1 aromatic heterocycles. The van der Waals surface area contributed by atoms with Crippen LogP contribution in [0, 0.1) is 11.3 Å². The van der Waals surface area contributed by atoms with Gasteiger partial charge < -0.3 is 19.8 Å². The van der Waals surface area contributed by atoms with Gasteiger partial charge in [0.05, 0.1) is 12.0 Å². The Kier molecular flexibility index (Phi) is 3.73. The molecule has 1 aromatic rings. The van der Waals surface area contributed by atoms with E-state index in [4.69, 9.17) is 4.52 Å². The van der Waals surface area contributed by atoms with E-state index in [-0.39, 0.29) is 11.9 Å². The lowest BCUT2D eigenvalue weighted by molar-refractivity contribution is -0.149. The van der Waals surface area contributed by atoms with Crippen LogP contribution in [0.3, 0.4) is 0 Å². The van der Waals surface area contributed by atoms with Crippen molar-refractivity contribution in [3.8, 4) is 0 Å². The van der Waals surface area contributed by atoms with Gasteiger partial charge in [0.15, 0.2) is 0 Å². The van der Waals surface area contributed by atoms with Crippen LogP contribution in [0.15, 0.2) is 4.52 Å². The van der Waals surface area contributed by atoms with E-state index in [1.165, 1.54) is 0 Å². The number of urea groups is 1. The van der Waals surface area contributed by atoms with Gasteiger partial charge in [-0.3, -0.25) is 4.79 Å². The van der Waals surface area contributed by atoms with Crippen LogP contribution in [0.25, 0.3) is 0 Å². The molecule has 1 saturated carbocycles. The summed E-state index contributed by atoms with van der Waals surface area (Å²) in [6.45, 7) is 1.20. The minimum absolute atomic E-state index is 0.0839. The molecule has 0 unspecified atom stereocenters. The number of carbonyl (C=O) groups excluding carboxylic acids is 1. The van der Waals surface area contributed by atoms with Crippen molar-refractivity contribution >= 4 is 12.0 Å². The lowest BCUT2D eigenvalue weighted by atomic mass is 9.81. The molecule has 2 heterocycles. The summed E-state index contributed by atoms with van der Waals surface area (Å²) in [5.41, 5.74) is 1.22. The Morgan fingerprint density at radius 1 is 1.33 bits per heavy atom. The number of carboxylic acids is 1. The predicted octanol–water partition coefficient (Wildman–Crippen LogP) is 1.95. The quantitative estimate of drug-likeness (QED) is 0.881. The smallest absolute Gasteiger partial charge is 0.317 e. The summed E-state index contributed by atoms with van der Waals surface area (Å²) >= 11 is 0. The molecule has 2 fully saturated rings. The molecule has 2 N–H and O–H groups in total. The van der Waals surface area contributed by atoms with Gasteiger partial charge in [0.1, 0.15) is 11.5 Å². The second-order valence-corrected chi connectivity index (χ2v) is 7.33. The molecule has 2 amide bonds. The van der Waals surface area contributed by atoms with E-state index in [0.29, 0.717) is 26.1 Å². The standard InChI is InChI=1S/C17H23N3O4/c21-15(22)17-7-3-4-11(17)9-20(10-17)16(23)18-8-13-12-5-1-2-6-14(12)24-19-13/h11H,1-10H2,(H,18,23)(H,21,22)/t11-,17+/m0/s1. The van der Waals surface area contributed by atoms with Crippen LogP contribution in [-0.4, -0.2) is 40.3 Å². The molecule has 24 heavy (non-hydrogen) atoms. The Morgan fingerprint density at radius 2 is 2.17 bits per heavy atom. The summed E-state index contributed by atoms with van der Waals surface area (Å²) < 4.78 is 5.36. The monoisotopic (exact) mass is 333 g/mol. The zero-order chi connectivity index (χ0) is 16.7. The second kappa shape index (κ2) is 5.79. The zero-order valence-corrected chi connectivity index (χ0v) is 13.7. The van der Waals surface area contributed by atoms with Gasteiger partial charge in [-0.25, -0.2) is 4.79 Å². The summed E-state index contributed by atoms with van der Waals surface area (Å²) in [6, 6.07) is -0.197. The Labute approximate surface area is 140 Å². The molecule has 1 aliphatic heterocycles. The van der Waals surface area contributed by atoms with Crippen LogP contribution < -0.4 is 5.32 Å². The number of hydrogen-bond acceptors (Lipinski definition) is 4. The topological polar surface area (TPSA) is 95.7 Å². The van der Waals surface area contributed by atoms with Crippen molar-refractivity contribution in [2.24, 2.45) is 11.3 Å². The number of hydrogen-bond donors (Lipinski definition) is 2. The minimum atomic E-state index is -0.758. The van der Waals surface area contributed by atoms with Gasteiger partial charge in [0.25, 0.3) is 0 Å². The molecule has 0 bridgehead atoms. The molecule has 0 aromatic carbocycles. The van der Waals surface area contributed by atoms with Crippen molar-refractivity contribution in [1.29, 1.82) is 0 Å². The van der Waals surface area contributed by atoms with Crippen molar-refractivity contribution < 1.29 is 19.2 Å². The number of carboxylic acid groups (broad SMARTS) is 1. The first-order valence-corrected chi connectivity index (χ1v) is 8.82. The highest BCUT2D eigenvalue weighted by Crippen LogP contribution is 2.48. The number of aliphatic carboxylic acids is 1. The average molecular weight is 333 g/mol. The van der Waals surface area contributed by atoms with E-state index in [1.807, 2.05) is 0 Å². The highest BCUT2D eigenvalue weighted by atomic mass is 16.5. The first-order chi connectivity index (χ1) is 11.6. The largest absolute Gasteiger partial charge is 0.481 e. The van der Waals surface area contributed by atoms with Crippen molar-refractivity contribution in [2.75, 3.05) is 13.1 Å². The number of aryl methyl sites for hydroxylation is 1. The van der Waals surface area contributed by atoms with Crippen molar-refractivity contribution in [3.63, 3.8) is 0 Å². The summed E-state index contributed by atoms with van der Waals surface area (Å²) in [5.74, 6) is 0.275. The molecule has 4 rings (SSSR count). The number of amides is 2. The lowest BCUT2D eigenvalue weighted by Gasteiger charge is -2.23. The maximum atomic E-state index is 12.5. The summed E-state index contributed by atoms with van der Waals surface area (Å²) in [6.07, 6.45) is 6.64. The Balaban J connectivity index is 1.39. The van der Waals surface area contributed by atoms with Gasteiger partial charge in [-0.15, -0.1) is 0 Å². The molecule has 0 spiro atoms. The van der Waals surface area contributed by atoms with Gasteiger partial charge in [0.2, 0.25) is 0 Å². The third-order valence-corrected chi connectivity index (χ3v) is 6.02. The number of aromatic nitrogens is 1. The van der Waals surface area contributed by atoms with E-state index >= 15 is 0 Å². The number of carbonyl (C=O) groups is 2. The van der Waals surface area contributed by atoms with Gasteiger partial charge in [-0.1, -0.05) is 11.6 Å². The van der Waals surface area contributed by atoms with E-state index in [9.17, 15) is 14.7 Å². The normalized spacial score (nSPS) is 28.5. The van der Waals surface area contributed by atoms with Crippen LogP contribution >= 0.6 is 0 Å². The van der Waals surface area contributed by atoms with Gasteiger partial charge in [-0.2, -0.15) is 0 Å². The number of rotatable bonds is 3. The highest BCUT2D eigenvalue weighted by Gasteiger charge is 2.55. The molecule has 7 nitrogen and oxygen atoms in total. The van der Waals surface area contributed by atoms with Gasteiger partial charge >= 0.3 is 12.0 Å². The van der Waals surface area contributed by atoms with Crippen molar-refractivity contribution in [1.82, 2.24) is 15.4 Å². The third-order valence-electron chi connectivity index (χ3n) is 6.02. The fraction of sp³-hybridized carbons (Fsp3) is 0.706. The van der Waals surface area contributed by atoms with Crippen molar-refractivity contribution in [2.45, 2.75) is 51.5 Å². The van der Waals surface area contributed by atoms with E-state index in [0.717, 1.165) is 55.5 Å². The number of fused-ring (bicyclic) bond motifs is 2. The number of nitrogens with zero attached hydrogens (tertiary/aromatic N) is 2. The maximum Gasteiger partial charge on any atom is 0.317 e. The molecule has 130 valence electrons. The third kappa shape index (κ3) is 2.37. The first-order valence-electron chi connectivity index (χ1n) is 8.82. The average Bonchev–Trinajstić information content (AvgIpc) is 3.25. The number of likely N-dealkylation sites (tertiary alicyclic amines) is 1. The van der Waals surface area contributed by atoms with E-state index in [2.05, 4.69) is 10.5 Å². The summed E-state index contributed by atoms with van der Waals surface area (Å²) in [4.78, 5) is 25.8. The first kappa shape index (κ1) is 15.5. The molecule has 7 heteroatoms. The van der Waals surface area contributed by atoms with Gasteiger partial charge in [-0.05, 0) is 38.0 Å². The molecular formula is C17H23N3O4. The summed E-state index contributed by atoms with van der Waals surface area (Å²) in [7, 11) is 0. The molecule has 2 aliphatic carbocycles. The van der Waals surface area contributed by atoms with Crippen molar-refractivity contribution in [3.05, 3.63) is 17.0 Å². The molecule has 0 radical (unpaired) electrons. The lowest BCUT2D eigenvalue weighted by Crippen LogP contribution is -2.41. The molecule has 1 saturated heterocycles. The SMILES string of the molecule is O=C(NCc1noc2c1CCCC2)N1C[C@@H]2CCC[C@@]2(C(=O)O)C1. The predicted molar refractivity (Wildman–Crippen MR) is 84.4 cm³/mol. The Bertz CT molecular complexity index is 671. The summed E-state index contributed by atoms with van der Waals surface area (Å²) in [5, 5.41) is 16.6. The van der Waals surface area contributed by atoms with Crippen LogP contribution in [0.1, 0.15) is 49.1 Å². The highest BCUT2D eigenvalue weighted by molar-refractivity contribution is 5.80. The fourth-order valence-corrected chi connectivity index (χ4v) is 4.65. The number of nitrogens with one attached hydrogen (secondary N) is 1. The molecular weight excluding hydrogens is 310 g/mol. The van der Waals surface area contributed by atoms with E-state index < -0.39 is 11.4 Å². The maximum absolute atomic E-state index is 12.5. The minimum Gasteiger partial charge on any atom is -0.481 e. The van der Waals surface area contributed by atoms with Crippen LogP contribution in [0.4, 0.5) is 4.79 Å². The Morgan fingerprint density at radius 3 is 2.96 bits per heavy atom. The van der Waals surface area contributed by atoms with Crippen LogP contribution in [-0.2, 0) is 24.2 Å². The van der Waals surface area contributed by atoms with Gasteiger partial charge in [0, 0.05) is 25.1 Å². The Hall–Kier alpha value is -2.05. The van der Waals surface area contributed by atoms with Crippen LogP contribution in [0.5, 0.6) is 0 Å². The van der Waals surface area contributed by atoms with E-state index in [1.54, 1.807) is 4.90 Å².